The predicted octanol–water partition coefficient (Wildman–Crippen LogP) is 16.7. The van der Waals surface area contributed by atoms with Crippen LogP contribution >= 0.6 is 0 Å². The predicted molar refractivity (Wildman–Crippen MR) is 262 cm³/mol. The number of nitrogens with zero attached hydrogens (tertiary/aromatic N) is 1. The third-order valence-corrected chi connectivity index (χ3v) is 13.1. The molecule has 13 aromatic rings. The average molecular weight is 772 g/mol. The maximum Gasteiger partial charge on any atom is 0.0547 e. The lowest BCUT2D eigenvalue weighted by atomic mass is 9.84. The molecule has 1 aromatic heterocycles. The Balaban J connectivity index is 1.03. The summed E-state index contributed by atoms with van der Waals surface area (Å²) in [5.41, 5.74) is 11.1. The third kappa shape index (κ3) is 5.14. The average Bonchev–Trinajstić information content (AvgIpc) is 3.68. The Morgan fingerprint density at radius 2 is 0.738 bits per heavy atom. The molecule has 282 valence electrons. The van der Waals surface area contributed by atoms with E-state index in [2.05, 4.69) is 229 Å². The van der Waals surface area contributed by atoms with Gasteiger partial charge < -0.3 is 4.57 Å². The Labute approximate surface area is 353 Å². The van der Waals surface area contributed by atoms with E-state index in [1.165, 1.54) is 120 Å². The molecule has 0 spiro atoms. The molecule has 0 aliphatic rings. The molecule has 0 N–H and O–H groups in total. The van der Waals surface area contributed by atoms with Crippen molar-refractivity contribution < 1.29 is 0 Å². The molecule has 0 bridgehead atoms. The van der Waals surface area contributed by atoms with Crippen LogP contribution in [0.5, 0.6) is 0 Å². The van der Waals surface area contributed by atoms with Crippen molar-refractivity contribution in [1.82, 2.24) is 4.57 Å². The summed E-state index contributed by atoms with van der Waals surface area (Å²) in [6.45, 7) is 0. The smallest absolute Gasteiger partial charge is 0.0547 e. The lowest BCUT2D eigenvalue weighted by molar-refractivity contribution is 1.19. The highest BCUT2D eigenvalue weighted by Gasteiger charge is 2.20. The van der Waals surface area contributed by atoms with E-state index in [4.69, 9.17) is 0 Å². The fourth-order valence-electron chi connectivity index (χ4n) is 10.4. The highest BCUT2D eigenvalue weighted by Crippen LogP contribution is 2.46. The van der Waals surface area contributed by atoms with Gasteiger partial charge in [0.2, 0.25) is 0 Å². The van der Waals surface area contributed by atoms with E-state index >= 15 is 0 Å². The lowest BCUT2D eigenvalue weighted by Crippen LogP contribution is -1.94. The van der Waals surface area contributed by atoms with E-state index < -0.39 is 0 Å². The number of aromatic nitrogens is 1. The van der Waals surface area contributed by atoms with Gasteiger partial charge in [-0.1, -0.05) is 188 Å². The van der Waals surface area contributed by atoms with Crippen LogP contribution in [0.4, 0.5) is 0 Å². The molecule has 12 aromatic carbocycles. The summed E-state index contributed by atoms with van der Waals surface area (Å²) in [6, 6.07) is 83.1. The summed E-state index contributed by atoms with van der Waals surface area (Å²) < 4.78 is 2.47. The minimum absolute atomic E-state index is 1.16. The Morgan fingerprint density at radius 3 is 1.43 bits per heavy atom. The van der Waals surface area contributed by atoms with Crippen LogP contribution in [-0.4, -0.2) is 4.57 Å². The number of rotatable bonds is 4. The van der Waals surface area contributed by atoms with Gasteiger partial charge in [0.1, 0.15) is 0 Å². The molecule has 0 atom stereocenters. The second-order valence-electron chi connectivity index (χ2n) is 16.4. The first-order valence-corrected chi connectivity index (χ1v) is 21.2. The van der Waals surface area contributed by atoms with Gasteiger partial charge in [-0.25, -0.2) is 0 Å². The van der Waals surface area contributed by atoms with Gasteiger partial charge in [-0.15, -0.1) is 0 Å². The molecule has 0 saturated carbocycles. The zero-order chi connectivity index (χ0) is 40.0. The van der Waals surface area contributed by atoms with Gasteiger partial charge >= 0.3 is 0 Å². The summed E-state index contributed by atoms with van der Waals surface area (Å²) in [6.07, 6.45) is 0. The van der Waals surface area contributed by atoms with Gasteiger partial charge in [-0.05, 0) is 134 Å². The Morgan fingerprint density at radius 1 is 0.246 bits per heavy atom. The lowest BCUT2D eigenvalue weighted by Gasteiger charge is -2.19. The largest absolute Gasteiger partial charge is 0.309 e. The summed E-state index contributed by atoms with van der Waals surface area (Å²) in [4.78, 5) is 0. The van der Waals surface area contributed by atoms with Crippen molar-refractivity contribution in [3.63, 3.8) is 0 Å². The monoisotopic (exact) mass is 771 g/mol. The fraction of sp³-hybridized carbons (Fsp3) is 0. The molecule has 61 heavy (non-hydrogen) atoms. The van der Waals surface area contributed by atoms with Gasteiger partial charge in [-0.3, -0.25) is 0 Å². The van der Waals surface area contributed by atoms with Crippen molar-refractivity contribution in [3.8, 4) is 39.1 Å². The Hall–Kier alpha value is -8.00. The van der Waals surface area contributed by atoms with E-state index in [0.717, 1.165) is 5.69 Å². The summed E-state index contributed by atoms with van der Waals surface area (Å²) in [7, 11) is 0. The van der Waals surface area contributed by atoms with E-state index in [0.29, 0.717) is 0 Å². The van der Waals surface area contributed by atoms with Crippen molar-refractivity contribution in [2.24, 2.45) is 0 Å². The van der Waals surface area contributed by atoms with Crippen LogP contribution in [-0.2, 0) is 0 Å². The molecule has 0 amide bonds. The van der Waals surface area contributed by atoms with Crippen LogP contribution in [0.3, 0.4) is 0 Å². The number of fused-ring (bicyclic) bond motifs is 11. The molecule has 13 rings (SSSR count). The van der Waals surface area contributed by atoms with E-state index in [9.17, 15) is 0 Å². The third-order valence-electron chi connectivity index (χ3n) is 13.1. The van der Waals surface area contributed by atoms with Crippen molar-refractivity contribution in [2.45, 2.75) is 0 Å². The number of hydrogen-bond donors (Lipinski definition) is 0. The van der Waals surface area contributed by atoms with Crippen molar-refractivity contribution in [2.75, 3.05) is 0 Å². The van der Waals surface area contributed by atoms with Crippen molar-refractivity contribution >= 4 is 86.4 Å². The van der Waals surface area contributed by atoms with Crippen LogP contribution in [0, 0.1) is 0 Å². The SMILES string of the molecule is c1ccc(-c2c3ccccc3c(-c3ccc4cc(-n5c6ccc7ccccc7c6c6c7ccccc7ccc65)ccc4c3)c3ccc(-c4cccc5ccccc45)cc23)cc1. The summed E-state index contributed by atoms with van der Waals surface area (Å²) in [5.74, 6) is 0. The minimum Gasteiger partial charge on any atom is -0.309 e. The van der Waals surface area contributed by atoms with Gasteiger partial charge in [0.15, 0.2) is 0 Å². The zero-order valence-corrected chi connectivity index (χ0v) is 33.3. The Bertz CT molecular complexity index is 3830. The van der Waals surface area contributed by atoms with Gasteiger partial charge in [0, 0.05) is 16.5 Å². The minimum atomic E-state index is 1.16. The first kappa shape index (κ1) is 33.9. The topological polar surface area (TPSA) is 4.93 Å². The molecule has 0 unspecified atom stereocenters. The molecule has 0 aliphatic heterocycles. The maximum atomic E-state index is 2.47. The summed E-state index contributed by atoms with van der Waals surface area (Å²) >= 11 is 0. The van der Waals surface area contributed by atoms with E-state index in [-0.39, 0.29) is 0 Å². The molecule has 1 heterocycles. The molecule has 0 saturated heterocycles. The second-order valence-corrected chi connectivity index (χ2v) is 16.4. The molecule has 1 heteroatoms. The van der Waals surface area contributed by atoms with E-state index in [1.54, 1.807) is 0 Å². The summed E-state index contributed by atoms with van der Waals surface area (Å²) in [5, 5.41) is 17.7. The molecule has 1 nitrogen and oxygen atoms in total. The van der Waals surface area contributed by atoms with Crippen LogP contribution in [0.25, 0.3) is 126 Å². The highest BCUT2D eigenvalue weighted by molar-refractivity contribution is 6.29. The van der Waals surface area contributed by atoms with Crippen molar-refractivity contribution in [3.05, 3.63) is 224 Å². The van der Waals surface area contributed by atoms with E-state index in [1.807, 2.05) is 0 Å². The molecule has 0 radical (unpaired) electrons. The van der Waals surface area contributed by atoms with Gasteiger partial charge in [0.05, 0.1) is 11.0 Å². The fourth-order valence-corrected chi connectivity index (χ4v) is 10.4. The van der Waals surface area contributed by atoms with Crippen LogP contribution in [0.1, 0.15) is 0 Å². The zero-order valence-electron chi connectivity index (χ0n) is 33.3. The first-order chi connectivity index (χ1) is 30.3. The number of benzene rings is 12. The first-order valence-electron chi connectivity index (χ1n) is 21.2. The normalized spacial score (nSPS) is 11.9. The standard InChI is InChI=1S/C60H37N/c1-2-16-41(17-3-1)57-51-22-10-11-23-52(51)58(53-32-28-44(37-54(53)57)48-24-12-18-38-13-4-7-19-47(38)48)45-26-25-43-36-46(31-27-42(43)35-45)61-55-33-29-39-14-5-8-20-49(39)59(55)60-50-21-9-6-15-40(50)30-34-56(60)61/h1-37H. The molecular weight excluding hydrogens is 735 g/mol. The van der Waals surface area contributed by atoms with Crippen molar-refractivity contribution in [1.29, 1.82) is 0 Å². The molecule has 0 fully saturated rings. The van der Waals surface area contributed by atoms with Crippen LogP contribution in [0.2, 0.25) is 0 Å². The second kappa shape index (κ2) is 13.3. The van der Waals surface area contributed by atoms with Crippen LogP contribution < -0.4 is 0 Å². The van der Waals surface area contributed by atoms with Gasteiger partial charge in [-0.2, -0.15) is 0 Å². The highest BCUT2D eigenvalue weighted by atomic mass is 15.0. The number of hydrogen-bond acceptors (Lipinski definition) is 0. The molecular formula is C60H37N. The maximum absolute atomic E-state index is 2.47. The molecule has 0 aliphatic carbocycles. The van der Waals surface area contributed by atoms with Crippen LogP contribution in [0.15, 0.2) is 224 Å². The Kier molecular flexibility index (Phi) is 7.37. The van der Waals surface area contributed by atoms with Gasteiger partial charge in [0.25, 0.3) is 0 Å². The quantitative estimate of drug-likeness (QED) is 0.157.